The number of carbonyl (C=O) groups is 1. The van der Waals surface area contributed by atoms with Gasteiger partial charge in [-0.25, -0.2) is 14.2 Å². The van der Waals surface area contributed by atoms with Crippen LogP contribution < -0.4 is 4.90 Å². The summed E-state index contributed by atoms with van der Waals surface area (Å²) in [5.74, 6) is -1.27. The molecule has 0 aliphatic rings. The Labute approximate surface area is 120 Å². The number of aromatic nitrogens is 1. The summed E-state index contributed by atoms with van der Waals surface area (Å²) in [4.78, 5) is 17.3. The number of aryl methyl sites for hydroxylation is 1. The van der Waals surface area contributed by atoms with Crippen molar-refractivity contribution in [1.82, 2.24) is 4.98 Å². The highest BCUT2D eigenvalue weighted by molar-refractivity contribution is 7.17. The lowest BCUT2D eigenvalue weighted by molar-refractivity contribution is 0.0701. The monoisotopic (exact) mass is 294 g/mol. The lowest BCUT2D eigenvalue weighted by Crippen LogP contribution is -2.22. The van der Waals surface area contributed by atoms with Gasteiger partial charge < -0.3 is 10.0 Å². The van der Waals surface area contributed by atoms with Crippen LogP contribution in [-0.2, 0) is 0 Å². The zero-order chi connectivity index (χ0) is 14.9. The molecule has 0 aliphatic heterocycles. The third kappa shape index (κ3) is 2.65. The average Bonchev–Trinajstić information content (AvgIpc) is 2.80. The van der Waals surface area contributed by atoms with Gasteiger partial charge in [0, 0.05) is 12.6 Å². The Morgan fingerprint density at radius 1 is 1.45 bits per heavy atom. The first-order chi connectivity index (χ1) is 9.41. The van der Waals surface area contributed by atoms with Crippen LogP contribution in [-0.4, -0.2) is 23.1 Å². The number of rotatable bonds is 4. The van der Waals surface area contributed by atoms with Crippen LogP contribution in [0.4, 0.5) is 9.52 Å². The van der Waals surface area contributed by atoms with Gasteiger partial charge in [-0.2, -0.15) is 0 Å². The van der Waals surface area contributed by atoms with E-state index >= 15 is 0 Å². The summed E-state index contributed by atoms with van der Waals surface area (Å²) in [6, 6.07) is 6.31. The predicted molar refractivity (Wildman–Crippen MR) is 77.0 cm³/mol. The molecule has 1 unspecified atom stereocenters. The second kappa shape index (κ2) is 5.58. The number of halogens is 1. The fraction of sp³-hybridized carbons (Fsp3) is 0.286. The molecule has 20 heavy (non-hydrogen) atoms. The first-order valence-electron chi connectivity index (χ1n) is 6.09. The van der Waals surface area contributed by atoms with E-state index in [1.165, 1.54) is 6.07 Å². The topological polar surface area (TPSA) is 53.4 Å². The number of aromatic carboxylic acids is 1. The van der Waals surface area contributed by atoms with E-state index in [4.69, 9.17) is 5.11 Å². The van der Waals surface area contributed by atoms with E-state index in [1.54, 1.807) is 37.1 Å². The van der Waals surface area contributed by atoms with Gasteiger partial charge in [0.15, 0.2) is 5.13 Å². The summed E-state index contributed by atoms with van der Waals surface area (Å²) in [6.07, 6.45) is 0. The molecule has 1 N–H and O–H groups in total. The molecule has 2 aromatic rings. The predicted octanol–water partition coefficient (Wildman–Crippen LogP) is 3.49. The Bertz CT molecular complexity index is 642. The van der Waals surface area contributed by atoms with Gasteiger partial charge in [0.25, 0.3) is 0 Å². The molecule has 0 fully saturated rings. The third-order valence-electron chi connectivity index (χ3n) is 3.22. The van der Waals surface area contributed by atoms with E-state index in [0.29, 0.717) is 16.4 Å². The minimum Gasteiger partial charge on any atom is -0.477 e. The van der Waals surface area contributed by atoms with Gasteiger partial charge in [-0.3, -0.25) is 0 Å². The fourth-order valence-electron chi connectivity index (χ4n) is 1.92. The molecule has 2 rings (SSSR count). The standard InChI is InChI=1S/C14H15FN2O2S/c1-8-12(13(18)19)20-14(16-8)17(3)9(2)10-6-4-5-7-11(10)15/h4-7,9H,1-3H3,(H,18,19). The van der Waals surface area contributed by atoms with Crippen molar-refractivity contribution in [3.63, 3.8) is 0 Å². The maximum atomic E-state index is 13.8. The molecule has 1 aromatic heterocycles. The second-order valence-corrected chi connectivity index (χ2v) is 5.50. The summed E-state index contributed by atoms with van der Waals surface area (Å²) in [6.45, 7) is 3.51. The summed E-state index contributed by atoms with van der Waals surface area (Å²) in [5.41, 5.74) is 1.03. The number of anilines is 1. The molecule has 0 spiro atoms. The average molecular weight is 294 g/mol. The summed E-state index contributed by atoms with van der Waals surface area (Å²) in [5, 5.41) is 9.62. The van der Waals surface area contributed by atoms with Gasteiger partial charge in [0.2, 0.25) is 0 Å². The van der Waals surface area contributed by atoms with Gasteiger partial charge in [-0.15, -0.1) is 0 Å². The molecule has 6 heteroatoms. The minimum atomic E-state index is -0.988. The van der Waals surface area contributed by atoms with E-state index in [0.717, 1.165) is 11.3 Å². The highest BCUT2D eigenvalue weighted by Crippen LogP contribution is 2.31. The molecule has 0 saturated heterocycles. The molecule has 0 bridgehead atoms. The molecular formula is C14H15FN2O2S. The van der Waals surface area contributed by atoms with Crippen LogP contribution in [0.3, 0.4) is 0 Å². The van der Waals surface area contributed by atoms with Crippen molar-refractivity contribution in [2.24, 2.45) is 0 Å². The summed E-state index contributed by atoms with van der Waals surface area (Å²) < 4.78 is 13.8. The Morgan fingerprint density at radius 2 is 2.10 bits per heavy atom. The first kappa shape index (κ1) is 14.5. The molecule has 4 nitrogen and oxygen atoms in total. The highest BCUT2D eigenvalue weighted by Gasteiger charge is 2.21. The molecule has 1 heterocycles. The number of thiazole rings is 1. The highest BCUT2D eigenvalue weighted by atomic mass is 32.1. The van der Waals surface area contributed by atoms with Crippen molar-refractivity contribution >= 4 is 22.4 Å². The van der Waals surface area contributed by atoms with Crippen LogP contribution in [0.1, 0.15) is 33.9 Å². The molecule has 1 aromatic carbocycles. The van der Waals surface area contributed by atoms with E-state index in [-0.39, 0.29) is 16.7 Å². The summed E-state index contributed by atoms with van der Waals surface area (Å²) >= 11 is 1.10. The number of benzene rings is 1. The maximum Gasteiger partial charge on any atom is 0.347 e. The van der Waals surface area contributed by atoms with E-state index in [1.807, 2.05) is 6.92 Å². The Morgan fingerprint density at radius 3 is 2.65 bits per heavy atom. The molecule has 0 radical (unpaired) electrons. The second-order valence-electron chi connectivity index (χ2n) is 4.52. The van der Waals surface area contributed by atoms with Gasteiger partial charge in [0.1, 0.15) is 10.7 Å². The van der Waals surface area contributed by atoms with Crippen LogP contribution in [0, 0.1) is 12.7 Å². The lowest BCUT2D eigenvalue weighted by Gasteiger charge is -2.24. The van der Waals surface area contributed by atoms with Crippen LogP contribution in [0.25, 0.3) is 0 Å². The van der Waals surface area contributed by atoms with E-state index in [9.17, 15) is 9.18 Å². The molecule has 0 saturated carbocycles. The summed E-state index contributed by atoms with van der Waals surface area (Å²) in [7, 11) is 1.78. The van der Waals surface area contributed by atoms with Crippen molar-refractivity contribution < 1.29 is 14.3 Å². The molecule has 0 aliphatic carbocycles. The SMILES string of the molecule is Cc1nc(N(C)C(C)c2ccccc2F)sc1C(=O)O. The van der Waals surface area contributed by atoms with Gasteiger partial charge in [0.05, 0.1) is 11.7 Å². The zero-order valence-electron chi connectivity index (χ0n) is 11.4. The van der Waals surface area contributed by atoms with E-state index in [2.05, 4.69) is 4.98 Å². The van der Waals surface area contributed by atoms with Gasteiger partial charge in [-0.05, 0) is 19.9 Å². The van der Waals surface area contributed by atoms with E-state index < -0.39 is 5.97 Å². The van der Waals surface area contributed by atoms with Crippen LogP contribution in [0.5, 0.6) is 0 Å². The maximum absolute atomic E-state index is 13.8. The quantitative estimate of drug-likeness (QED) is 0.938. The number of nitrogens with zero attached hydrogens (tertiary/aromatic N) is 2. The van der Waals surface area contributed by atoms with Crippen molar-refractivity contribution in [2.75, 3.05) is 11.9 Å². The molecular weight excluding hydrogens is 279 g/mol. The molecule has 0 amide bonds. The normalized spacial score (nSPS) is 12.2. The number of hydrogen-bond acceptors (Lipinski definition) is 4. The van der Waals surface area contributed by atoms with Crippen molar-refractivity contribution in [3.05, 3.63) is 46.2 Å². The van der Waals surface area contributed by atoms with Crippen LogP contribution in [0.2, 0.25) is 0 Å². The van der Waals surface area contributed by atoms with Crippen LogP contribution >= 0.6 is 11.3 Å². The Hall–Kier alpha value is -1.95. The zero-order valence-corrected chi connectivity index (χ0v) is 12.2. The lowest BCUT2D eigenvalue weighted by atomic mass is 10.1. The molecule has 1 atom stereocenters. The van der Waals surface area contributed by atoms with Crippen molar-refractivity contribution in [2.45, 2.75) is 19.9 Å². The van der Waals surface area contributed by atoms with Gasteiger partial charge in [-0.1, -0.05) is 29.5 Å². The number of carboxylic acids is 1. The third-order valence-corrected chi connectivity index (χ3v) is 4.45. The minimum absolute atomic E-state index is 0.215. The van der Waals surface area contributed by atoms with Gasteiger partial charge >= 0.3 is 5.97 Å². The largest absolute Gasteiger partial charge is 0.477 e. The Kier molecular flexibility index (Phi) is 4.04. The van der Waals surface area contributed by atoms with Crippen molar-refractivity contribution in [3.8, 4) is 0 Å². The Balaban J connectivity index is 2.32. The fourth-order valence-corrected chi connectivity index (χ4v) is 2.87. The first-order valence-corrected chi connectivity index (χ1v) is 6.91. The smallest absolute Gasteiger partial charge is 0.347 e. The number of hydrogen-bond donors (Lipinski definition) is 1. The van der Waals surface area contributed by atoms with Crippen molar-refractivity contribution in [1.29, 1.82) is 0 Å². The van der Waals surface area contributed by atoms with Crippen LogP contribution in [0.15, 0.2) is 24.3 Å². The molecule has 106 valence electrons. The number of carboxylic acid groups (broad SMARTS) is 1.